The van der Waals surface area contributed by atoms with Gasteiger partial charge in [-0.2, -0.15) is 18.2 Å². The highest BCUT2D eigenvalue weighted by atomic mass is 19.4. The molecule has 2 aromatic rings. The molecular weight excluding hydrogens is 346 g/mol. The molecule has 0 bridgehead atoms. The molecule has 1 amide bonds. The second kappa shape index (κ2) is 6.34. The highest BCUT2D eigenvalue weighted by Gasteiger charge is 2.35. The number of hydrogen-bond donors (Lipinski definition) is 1. The van der Waals surface area contributed by atoms with Gasteiger partial charge in [0.2, 0.25) is 11.7 Å². The van der Waals surface area contributed by atoms with Crippen molar-refractivity contribution in [1.82, 2.24) is 15.0 Å². The summed E-state index contributed by atoms with van der Waals surface area (Å²) in [6, 6.07) is 2.44. The number of likely N-dealkylation sites (tertiary alicyclic amines) is 1. The van der Waals surface area contributed by atoms with E-state index < -0.39 is 23.7 Å². The van der Waals surface area contributed by atoms with Gasteiger partial charge in [-0.3, -0.25) is 0 Å². The second-order valence-corrected chi connectivity index (χ2v) is 5.72. The van der Waals surface area contributed by atoms with E-state index in [1.807, 2.05) is 0 Å². The van der Waals surface area contributed by atoms with Crippen molar-refractivity contribution in [3.8, 4) is 11.4 Å². The number of piperidine rings is 1. The molecule has 0 unspecified atom stereocenters. The van der Waals surface area contributed by atoms with E-state index in [2.05, 4.69) is 10.1 Å². The summed E-state index contributed by atoms with van der Waals surface area (Å²) in [4.78, 5) is 16.3. The summed E-state index contributed by atoms with van der Waals surface area (Å²) in [5, 5.41) is 12.7. The van der Waals surface area contributed by atoms with Gasteiger partial charge in [0, 0.05) is 18.7 Å². The number of benzene rings is 1. The second-order valence-electron chi connectivity index (χ2n) is 5.72. The van der Waals surface area contributed by atoms with Crippen LogP contribution in [0.15, 0.2) is 22.7 Å². The molecule has 1 fully saturated rings. The van der Waals surface area contributed by atoms with Gasteiger partial charge in [-0.1, -0.05) is 5.16 Å². The van der Waals surface area contributed by atoms with Gasteiger partial charge in [0.05, 0.1) is 11.5 Å². The number of nitrogens with zero attached hydrogens (tertiary/aromatic N) is 3. The molecule has 1 aromatic heterocycles. The number of amides is 1. The van der Waals surface area contributed by atoms with E-state index in [0.717, 1.165) is 6.07 Å². The van der Waals surface area contributed by atoms with Crippen molar-refractivity contribution in [2.24, 2.45) is 0 Å². The smallest absolute Gasteiger partial charge is 0.419 e. The number of carboxylic acid groups (broad SMARTS) is 1. The summed E-state index contributed by atoms with van der Waals surface area (Å²) in [5.74, 6) is -1.66. The highest BCUT2D eigenvalue weighted by molar-refractivity contribution is 5.65. The number of halogens is 4. The van der Waals surface area contributed by atoms with Crippen LogP contribution in [0.25, 0.3) is 11.4 Å². The van der Waals surface area contributed by atoms with E-state index in [0.29, 0.717) is 31.5 Å². The minimum atomic E-state index is -4.84. The molecule has 6 nitrogen and oxygen atoms in total. The third kappa shape index (κ3) is 3.57. The molecule has 0 spiro atoms. The molecule has 134 valence electrons. The van der Waals surface area contributed by atoms with Gasteiger partial charge in [0.1, 0.15) is 5.82 Å². The van der Waals surface area contributed by atoms with Crippen molar-refractivity contribution in [1.29, 1.82) is 0 Å². The Labute approximate surface area is 139 Å². The molecule has 2 heterocycles. The molecule has 1 aromatic carbocycles. The zero-order chi connectivity index (χ0) is 18.2. The molecule has 0 saturated carbocycles. The minimum Gasteiger partial charge on any atom is -0.465 e. The van der Waals surface area contributed by atoms with Gasteiger partial charge in [0.15, 0.2) is 0 Å². The summed E-state index contributed by atoms with van der Waals surface area (Å²) in [6.45, 7) is 0.577. The van der Waals surface area contributed by atoms with Crippen LogP contribution < -0.4 is 0 Å². The summed E-state index contributed by atoms with van der Waals surface area (Å²) in [5.41, 5.74) is -1.44. The van der Waals surface area contributed by atoms with Crippen LogP contribution in [0.3, 0.4) is 0 Å². The van der Waals surface area contributed by atoms with Crippen LogP contribution in [-0.4, -0.2) is 39.3 Å². The number of hydrogen-bond acceptors (Lipinski definition) is 4. The van der Waals surface area contributed by atoms with Crippen LogP contribution in [-0.2, 0) is 6.18 Å². The fraction of sp³-hybridized carbons (Fsp3) is 0.400. The fourth-order valence-electron chi connectivity index (χ4n) is 2.75. The van der Waals surface area contributed by atoms with E-state index in [-0.39, 0.29) is 29.7 Å². The van der Waals surface area contributed by atoms with Crippen molar-refractivity contribution < 1.29 is 32.0 Å². The lowest BCUT2D eigenvalue weighted by molar-refractivity contribution is -0.139. The average molecular weight is 359 g/mol. The first-order valence-corrected chi connectivity index (χ1v) is 7.44. The van der Waals surface area contributed by atoms with Crippen LogP contribution in [0.2, 0.25) is 0 Å². The average Bonchev–Trinajstić information content (AvgIpc) is 3.04. The van der Waals surface area contributed by atoms with Gasteiger partial charge in [-0.05, 0) is 31.0 Å². The van der Waals surface area contributed by atoms with Crippen molar-refractivity contribution in [3.63, 3.8) is 0 Å². The van der Waals surface area contributed by atoms with E-state index in [1.54, 1.807) is 0 Å². The quantitative estimate of drug-likeness (QED) is 0.826. The maximum atomic E-state index is 13.4. The summed E-state index contributed by atoms with van der Waals surface area (Å²) < 4.78 is 56.8. The Balaban J connectivity index is 1.86. The SMILES string of the molecule is O=C(O)N1CCC[C@@H](c2nc(-c3ccc(F)c(C(F)(F)F)c3)no2)C1. The molecule has 25 heavy (non-hydrogen) atoms. The predicted molar refractivity (Wildman–Crippen MR) is 76.3 cm³/mol. The van der Waals surface area contributed by atoms with Gasteiger partial charge in [-0.25, -0.2) is 9.18 Å². The van der Waals surface area contributed by atoms with Gasteiger partial charge >= 0.3 is 12.3 Å². The summed E-state index contributed by atoms with van der Waals surface area (Å²) >= 11 is 0. The van der Waals surface area contributed by atoms with Gasteiger partial charge in [-0.15, -0.1) is 0 Å². The number of rotatable bonds is 2. The normalized spacial score (nSPS) is 18.4. The molecule has 1 N–H and O–H groups in total. The van der Waals surface area contributed by atoms with Crippen LogP contribution in [0.1, 0.15) is 30.2 Å². The van der Waals surface area contributed by atoms with Gasteiger partial charge < -0.3 is 14.5 Å². The lowest BCUT2D eigenvalue weighted by Gasteiger charge is -2.28. The summed E-state index contributed by atoms with van der Waals surface area (Å²) in [6.07, 6.45) is -4.65. The zero-order valence-electron chi connectivity index (χ0n) is 12.8. The lowest BCUT2D eigenvalue weighted by Crippen LogP contribution is -2.38. The highest BCUT2D eigenvalue weighted by Crippen LogP contribution is 2.34. The Morgan fingerprint density at radius 2 is 2.12 bits per heavy atom. The van der Waals surface area contributed by atoms with Crippen molar-refractivity contribution in [3.05, 3.63) is 35.5 Å². The Morgan fingerprint density at radius 1 is 1.36 bits per heavy atom. The first-order chi connectivity index (χ1) is 11.8. The molecule has 1 saturated heterocycles. The maximum absolute atomic E-state index is 13.4. The lowest BCUT2D eigenvalue weighted by atomic mass is 9.98. The number of carbonyl (C=O) groups is 1. The number of aromatic nitrogens is 2. The molecule has 1 atom stereocenters. The Kier molecular flexibility index (Phi) is 4.36. The topological polar surface area (TPSA) is 79.5 Å². The molecule has 0 radical (unpaired) electrons. The van der Waals surface area contributed by atoms with Crippen LogP contribution >= 0.6 is 0 Å². The largest absolute Gasteiger partial charge is 0.465 e. The number of alkyl halides is 3. The van der Waals surface area contributed by atoms with Crippen molar-refractivity contribution in [2.45, 2.75) is 24.9 Å². The van der Waals surface area contributed by atoms with Crippen molar-refractivity contribution in [2.75, 3.05) is 13.1 Å². The third-order valence-electron chi connectivity index (χ3n) is 4.01. The van der Waals surface area contributed by atoms with E-state index >= 15 is 0 Å². The maximum Gasteiger partial charge on any atom is 0.419 e. The zero-order valence-corrected chi connectivity index (χ0v) is 12.8. The van der Waals surface area contributed by atoms with Gasteiger partial charge in [0.25, 0.3) is 0 Å². The summed E-state index contributed by atoms with van der Waals surface area (Å²) in [7, 11) is 0. The Bertz CT molecular complexity index is 791. The molecule has 0 aliphatic carbocycles. The molecule has 1 aliphatic heterocycles. The molecule has 3 rings (SSSR count). The van der Waals surface area contributed by atoms with Crippen LogP contribution in [0.5, 0.6) is 0 Å². The fourth-order valence-corrected chi connectivity index (χ4v) is 2.75. The first kappa shape index (κ1) is 17.2. The molecule has 10 heteroatoms. The van der Waals surface area contributed by atoms with E-state index in [1.165, 1.54) is 4.90 Å². The standard InChI is InChI=1S/C15H13F4N3O3/c16-11-4-3-8(6-10(11)15(17,18)19)12-20-13(25-21-12)9-2-1-5-22(7-9)14(23)24/h3-4,6,9H,1-2,5,7H2,(H,23,24)/t9-/m1/s1. The monoisotopic (exact) mass is 359 g/mol. The van der Waals surface area contributed by atoms with E-state index in [4.69, 9.17) is 9.63 Å². The predicted octanol–water partition coefficient (Wildman–Crippen LogP) is 3.75. The Hall–Kier alpha value is -2.65. The molecule has 1 aliphatic rings. The molecular formula is C15H13F4N3O3. The minimum absolute atomic E-state index is 0.0328. The van der Waals surface area contributed by atoms with Crippen LogP contribution in [0.4, 0.5) is 22.4 Å². The van der Waals surface area contributed by atoms with Crippen LogP contribution in [0, 0.1) is 5.82 Å². The van der Waals surface area contributed by atoms with Crippen molar-refractivity contribution >= 4 is 6.09 Å². The third-order valence-corrected chi connectivity index (χ3v) is 4.01. The first-order valence-electron chi connectivity index (χ1n) is 7.44. The van der Waals surface area contributed by atoms with E-state index in [9.17, 15) is 22.4 Å². The Morgan fingerprint density at radius 3 is 2.80 bits per heavy atom.